The van der Waals surface area contributed by atoms with Crippen LogP contribution in [0.3, 0.4) is 0 Å². The van der Waals surface area contributed by atoms with Gasteiger partial charge in [0.2, 0.25) is 5.91 Å². The van der Waals surface area contributed by atoms with Gasteiger partial charge >= 0.3 is 5.97 Å². The third kappa shape index (κ3) is 4.21. The Morgan fingerprint density at radius 2 is 2.11 bits per heavy atom. The zero-order chi connectivity index (χ0) is 19.6. The molecule has 0 radical (unpaired) electrons. The minimum atomic E-state index is -0.328. The summed E-state index contributed by atoms with van der Waals surface area (Å²) in [5.74, 6) is -0.273. The lowest BCUT2D eigenvalue weighted by molar-refractivity contribution is -0.151. The molecule has 8 heteroatoms. The monoisotopic (exact) mass is 376 g/mol. The van der Waals surface area contributed by atoms with Gasteiger partial charge in [-0.15, -0.1) is 0 Å². The summed E-state index contributed by atoms with van der Waals surface area (Å²) in [6, 6.07) is 4.83. The maximum absolute atomic E-state index is 13.0. The molecule has 1 N–H and O–H groups in total. The molecule has 146 valence electrons. The summed E-state index contributed by atoms with van der Waals surface area (Å²) in [6.07, 6.45) is 0.983. The zero-order valence-corrected chi connectivity index (χ0v) is 15.7. The van der Waals surface area contributed by atoms with Crippen molar-refractivity contribution in [2.75, 3.05) is 26.1 Å². The molecule has 0 spiro atoms. The first-order chi connectivity index (χ1) is 12.9. The Hall–Kier alpha value is -2.61. The van der Waals surface area contributed by atoms with Crippen molar-refractivity contribution < 1.29 is 28.6 Å². The number of nitrogens with zero attached hydrogens (tertiary/aromatic N) is 1. The van der Waals surface area contributed by atoms with E-state index in [4.69, 9.17) is 14.2 Å². The molecular formula is C19H24N2O6. The van der Waals surface area contributed by atoms with Gasteiger partial charge in [-0.3, -0.25) is 14.4 Å². The van der Waals surface area contributed by atoms with Crippen molar-refractivity contribution in [3.8, 4) is 5.75 Å². The van der Waals surface area contributed by atoms with Gasteiger partial charge in [0, 0.05) is 19.7 Å². The van der Waals surface area contributed by atoms with Crippen LogP contribution in [0.2, 0.25) is 0 Å². The second-order valence-electron chi connectivity index (χ2n) is 6.84. The van der Waals surface area contributed by atoms with Crippen LogP contribution in [-0.4, -0.2) is 61.7 Å². The molecule has 1 aromatic carbocycles. The third-order valence-corrected chi connectivity index (χ3v) is 4.95. The lowest BCUT2D eigenvalue weighted by Gasteiger charge is -2.42. The van der Waals surface area contributed by atoms with Gasteiger partial charge in [0.1, 0.15) is 18.5 Å². The molecule has 1 fully saturated rings. The van der Waals surface area contributed by atoms with Crippen molar-refractivity contribution in [3.63, 3.8) is 0 Å². The van der Waals surface area contributed by atoms with Crippen molar-refractivity contribution >= 4 is 23.5 Å². The van der Waals surface area contributed by atoms with Gasteiger partial charge in [0.25, 0.3) is 5.91 Å². The van der Waals surface area contributed by atoms with E-state index in [-0.39, 0.29) is 49.1 Å². The predicted octanol–water partition coefficient (Wildman–Crippen LogP) is 1.59. The number of esters is 1. The van der Waals surface area contributed by atoms with Crippen LogP contribution in [0.15, 0.2) is 18.2 Å². The fraction of sp³-hybridized carbons (Fsp3) is 0.526. The number of ether oxygens (including phenoxy) is 3. The van der Waals surface area contributed by atoms with E-state index in [1.807, 2.05) is 0 Å². The summed E-state index contributed by atoms with van der Waals surface area (Å²) < 4.78 is 16.6. The number of carbonyl (C=O) groups excluding carboxylic acids is 3. The van der Waals surface area contributed by atoms with E-state index in [0.717, 1.165) is 0 Å². The SMILES string of the molecule is COC(=O)C[C@@H]1CC[C@@H]2[C@@H](COc3ccc(NC(C)=O)cc3C(=O)N2C)O1. The topological polar surface area (TPSA) is 94.2 Å². The van der Waals surface area contributed by atoms with Crippen molar-refractivity contribution in [2.24, 2.45) is 0 Å². The standard InChI is InChI=1S/C19H24N2O6/c1-11(22)20-12-4-7-16-14(8-12)19(24)21(2)15-6-5-13(9-18(23)25-3)27-17(15)10-26-16/h4,7-8,13,15,17H,5-6,9-10H2,1-3H3,(H,20,22)/t13-,15+,17+/m0/s1. The summed E-state index contributed by atoms with van der Waals surface area (Å²) in [7, 11) is 3.09. The fourth-order valence-electron chi connectivity index (χ4n) is 3.58. The lowest BCUT2D eigenvalue weighted by atomic mass is 9.94. The molecule has 1 saturated heterocycles. The number of benzene rings is 1. The van der Waals surface area contributed by atoms with Crippen molar-refractivity contribution in [2.45, 2.75) is 44.4 Å². The highest BCUT2D eigenvalue weighted by Gasteiger charge is 2.39. The van der Waals surface area contributed by atoms with E-state index >= 15 is 0 Å². The Labute approximate surface area is 157 Å². The average Bonchev–Trinajstić information content (AvgIpc) is 2.64. The van der Waals surface area contributed by atoms with E-state index < -0.39 is 0 Å². The average molecular weight is 376 g/mol. The zero-order valence-electron chi connectivity index (χ0n) is 15.7. The van der Waals surface area contributed by atoms with E-state index in [9.17, 15) is 14.4 Å². The minimum Gasteiger partial charge on any atom is -0.490 e. The molecular weight excluding hydrogens is 352 g/mol. The predicted molar refractivity (Wildman–Crippen MR) is 96.7 cm³/mol. The largest absolute Gasteiger partial charge is 0.490 e. The maximum Gasteiger partial charge on any atom is 0.308 e. The van der Waals surface area contributed by atoms with Gasteiger partial charge in [-0.25, -0.2) is 0 Å². The van der Waals surface area contributed by atoms with Crippen LogP contribution < -0.4 is 10.1 Å². The second kappa shape index (κ2) is 7.96. The van der Waals surface area contributed by atoms with E-state index in [2.05, 4.69) is 5.32 Å². The van der Waals surface area contributed by atoms with Gasteiger partial charge < -0.3 is 24.4 Å². The van der Waals surface area contributed by atoms with E-state index in [0.29, 0.717) is 29.8 Å². The molecule has 2 amide bonds. The number of methoxy groups -OCH3 is 1. The Bertz CT molecular complexity index is 750. The quantitative estimate of drug-likeness (QED) is 0.805. The fourth-order valence-corrected chi connectivity index (χ4v) is 3.58. The molecule has 0 saturated carbocycles. The molecule has 2 aliphatic rings. The number of likely N-dealkylation sites (N-methyl/N-ethyl adjacent to an activating group) is 1. The van der Waals surface area contributed by atoms with Gasteiger partial charge in [0.15, 0.2) is 0 Å². The number of nitrogens with one attached hydrogen (secondary N) is 1. The van der Waals surface area contributed by atoms with Crippen LogP contribution in [0.25, 0.3) is 0 Å². The summed E-state index contributed by atoms with van der Waals surface area (Å²) >= 11 is 0. The molecule has 2 aliphatic heterocycles. The number of hydrogen-bond donors (Lipinski definition) is 1. The summed E-state index contributed by atoms with van der Waals surface area (Å²) in [4.78, 5) is 37.5. The first-order valence-electron chi connectivity index (χ1n) is 8.93. The first kappa shape index (κ1) is 19.2. The molecule has 27 heavy (non-hydrogen) atoms. The van der Waals surface area contributed by atoms with Crippen LogP contribution in [0, 0.1) is 0 Å². The Morgan fingerprint density at radius 3 is 2.81 bits per heavy atom. The molecule has 0 bridgehead atoms. The van der Waals surface area contributed by atoms with Crippen molar-refractivity contribution in [3.05, 3.63) is 23.8 Å². The molecule has 1 aromatic rings. The van der Waals surface area contributed by atoms with Crippen LogP contribution in [-0.2, 0) is 19.1 Å². The summed E-state index contributed by atoms with van der Waals surface area (Å²) in [6.45, 7) is 1.68. The molecule has 0 unspecified atom stereocenters. The van der Waals surface area contributed by atoms with Gasteiger partial charge in [-0.2, -0.15) is 0 Å². The Morgan fingerprint density at radius 1 is 1.33 bits per heavy atom. The van der Waals surface area contributed by atoms with Crippen LogP contribution in [0.4, 0.5) is 5.69 Å². The highest BCUT2D eigenvalue weighted by molar-refractivity contribution is 5.99. The number of rotatable bonds is 3. The van der Waals surface area contributed by atoms with Crippen LogP contribution >= 0.6 is 0 Å². The minimum absolute atomic E-state index is 0.149. The van der Waals surface area contributed by atoms with E-state index in [1.165, 1.54) is 14.0 Å². The van der Waals surface area contributed by atoms with Crippen LogP contribution in [0.5, 0.6) is 5.75 Å². The van der Waals surface area contributed by atoms with Crippen molar-refractivity contribution in [1.29, 1.82) is 0 Å². The van der Waals surface area contributed by atoms with Crippen molar-refractivity contribution in [1.82, 2.24) is 4.90 Å². The maximum atomic E-state index is 13.0. The number of hydrogen-bond acceptors (Lipinski definition) is 6. The normalized spacial score (nSPS) is 24.6. The van der Waals surface area contributed by atoms with Gasteiger partial charge in [0.05, 0.1) is 31.2 Å². The number of fused-ring (bicyclic) bond motifs is 2. The molecule has 2 heterocycles. The first-order valence-corrected chi connectivity index (χ1v) is 8.93. The Kier molecular flexibility index (Phi) is 5.65. The molecule has 3 atom stereocenters. The van der Waals surface area contributed by atoms with Gasteiger partial charge in [-0.1, -0.05) is 0 Å². The van der Waals surface area contributed by atoms with Gasteiger partial charge in [-0.05, 0) is 31.0 Å². The Balaban J connectivity index is 1.81. The lowest BCUT2D eigenvalue weighted by Crippen LogP contribution is -2.53. The van der Waals surface area contributed by atoms with Crippen LogP contribution in [0.1, 0.15) is 36.5 Å². The highest BCUT2D eigenvalue weighted by Crippen LogP contribution is 2.32. The number of carbonyl (C=O) groups is 3. The summed E-state index contributed by atoms with van der Waals surface area (Å²) in [5.41, 5.74) is 0.945. The molecule has 0 aliphatic carbocycles. The molecule has 8 nitrogen and oxygen atoms in total. The third-order valence-electron chi connectivity index (χ3n) is 4.95. The van der Waals surface area contributed by atoms with E-state index in [1.54, 1.807) is 30.1 Å². The highest BCUT2D eigenvalue weighted by atomic mass is 16.5. The smallest absolute Gasteiger partial charge is 0.308 e. The number of anilines is 1. The molecule has 0 aromatic heterocycles. The number of amides is 2. The second-order valence-corrected chi connectivity index (χ2v) is 6.84. The summed E-state index contributed by atoms with van der Waals surface area (Å²) in [5, 5.41) is 2.68. The molecule has 3 rings (SSSR count).